The minimum atomic E-state index is 0. The number of nitrogens with zero attached hydrogens (tertiary/aromatic N) is 4. The predicted molar refractivity (Wildman–Crippen MR) is 128 cm³/mol. The van der Waals surface area contributed by atoms with Gasteiger partial charge in [-0.1, -0.05) is 12.8 Å². The highest BCUT2D eigenvalue weighted by Gasteiger charge is 2.23. The average Bonchev–Trinajstić information content (AvgIpc) is 2.91. The molecule has 2 rings (SSSR count). The summed E-state index contributed by atoms with van der Waals surface area (Å²) in [4.78, 5) is 23.7. The van der Waals surface area contributed by atoms with Crippen LogP contribution in [0.5, 0.6) is 0 Å². The first-order valence-electron chi connectivity index (χ1n) is 10.6. The maximum Gasteiger partial charge on any atom is 0.236 e. The molecule has 0 aliphatic carbocycles. The van der Waals surface area contributed by atoms with Gasteiger partial charge in [-0.15, -0.1) is 24.0 Å². The highest BCUT2D eigenvalue weighted by atomic mass is 127. The summed E-state index contributed by atoms with van der Waals surface area (Å²) in [6.07, 6.45) is 4.84. The maximum absolute atomic E-state index is 12.6. The number of carbonyl (C=O) groups is 1. The maximum atomic E-state index is 12.6. The van der Waals surface area contributed by atoms with Gasteiger partial charge in [-0.3, -0.25) is 14.7 Å². The minimum Gasteiger partial charge on any atom is -0.355 e. The Hall–Kier alpha value is -0.610. The number of hydrogen-bond donors (Lipinski definition) is 2. The molecule has 0 unspecified atom stereocenters. The van der Waals surface area contributed by atoms with E-state index in [1.807, 2.05) is 7.05 Å². The lowest BCUT2D eigenvalue weighted by atomic mass is 10.1. The molecule has 2 aliphatic heterocycles. The third-order valence-corrected chi connectivity index (χ3v) is 5.26. The van der Waals surface area contributed by atoms with Gasteiger partial charge in [0, 0.05) is 64.9 Å². The van der Waals surface area contributed by atoms with E-state index in [9.17, 15) is 4.79 Å². The van der Waals surface area contributed by atoms with Crippen molar-refractivity contribution < 1.29 is 4.79 Å². The first kappa shape index (κ1) is 25.4. The van der Waals surface area contributed by atoms with Crippen molar-refractivity contribution in [2.24, 2.45) is 4.99 Å². The Bertz CT molecular complexity index is 478. The van der Waals surface area contributed by atoms with E-state index in [1.165, 1.54) is 12.8 Å². The second kappa shape index (κ2) is 12.8. The molecule has 0 aromatic carbocycles. The van der Waals surface area contributed by atoms with Crippen molar-refractivity contribution in [2.75, 3.05) is 66.0 Å². The van der Waals surface area contributed by atoms with Gasteiger partial charge in [-0.25, -0.2) is 0 Å². The molecule has 0 atom stereocenters. The number of rotatable bonds is 5. The third-order valence-electron chi connectivity index (χ3n) is 5.26. The molecule has 2 heterocycles. The van der Waals surface area contributed by atoms with Crippen LogP contribution >= 0.6 is 24.0 Å². The van der Waals surface area contributed by atoms with Crippen LogP contribution in [0.15, 0.2) is 4.99 Å². The van der Waals surface area contributed by atoms with Crippen LogP contribution in [0.4, 0.5) is 0 Å². The van der Waals surface area contributed by atoms with Gasteiger partial charge in [0.1, 0.15) is 0 Å². The number of amides is 1. The molecule has 164 valence electrons. The Morgan fingerprint density at radius 3 is 2.04 bits per heavy atom. The Labute approximate surface area is 188 Å². The molecule has 28 heavy (non-hydrogen) atoms. The van der Waals surface area contributed by atoms with E-state index < -0.39 is 0 Å². The topological polar surface area (TPSA) is 63.2 Å². The Kier molecular flexibility index (Phi) is 11.7. The minimum absolute atomic E-state index is 0. The van der Waals surface area contributed by atoms with Gasteiger partial charge in [0.25, 0.3) is 0 Å². The highest BCUT2D eigenvalue weighted by Crippen LogP contribution is 2.11. The van der Waals surface area contributed by atoms with E-state index in [1.54, 1.807) is 0 Å². The van der Waals surface area contributed by atoms with E-state index in [0.29, 0.717) is 12.5 Å². The molecular weight excluding hydrogens is 467 g/mol. The largest absolute Gasteiger partial charge is 0.355 e. The summed E-state index contributed by atoms with van der Waals surface area (Å²) in [7, 11) is 1.84. The Morgan fingerprint density at radius 1 is 0.893 bits per heavy atom. The van der Waals surface area contributed by atoms with Gasteiger partial charge in [0.15, 0.2) is 5.96 Å². The normalized spacial score (nSPS) is 19.8. The van der Waals surface area contributed by atoms with Crippen LogP contribution in [0, 0.1) is 0 Å². The lowest BCUT2D eigenvalue weighted by molar-refractivity contribution is -0.132. The van der Waals surface area contributed by atoms with Gasteiger partial charge in [0.2, 0.25) is 5.91 Å². The van der Waals surface area contributed by atoms with Crippen molar-refractivity contribution in [3.05, 3.63) is 0 Å². The predicted octanol–water partition coefficient (Wildman–Crippen LogP) is 1.59. The van der Waals surface area contributed by atoms with Crippen molar-refractivity contribution >= 4 is 35.8 Å². The van der Waals surface area contributed by atoms with E-state index in [-0.39, 0.29) is 29.5 Å². The van der Waals surface area contributed by atoms with Crippen LogP contribution in [0.2, 0.25) is 0 Å². The van der Waals surface area contributed by atoms with Gasteiger partial charge >= 0.3 is 0 Å². The number of halogens is 1. The van der Waals surface area contributed by atoms with Crippen LogP contribution in [0.25, 0.3) is 0 Å². The molecule has 1 amide bonds. The molecule has 0 aromatic heterocycles. The monoisotopic (exact) mass is 508 g/mol. The average molecular weight is 508 g/mol. The fourth-order valence-electron chi connectivity index (χ4n) is 3.67. The lowest BCUT2D eigenvalue weighted by Gasteiger charge is -2.37. The van der Waals surface area contributed by atoms with Crippen LogP contribution in [0.1, 0.15) is 46.5 Å². The third kappa shape index (κ3) is 9.26. The summed E-state index contributed by atoms with van der Waals surface area (Å²) in [5, 5.41) is 6.93. The first-order valence-corrected chi connectivity index (χ1v) is 10.6. The molecule has 7 nitrogen and oxygen atoms in total. The molecular formula is C20H41IN6O. The molecule has 0 radical (unpaired) electrons. The zero-order valence-electron chi connectivity index (χ0n) is 18.3. The Morgan fingerprint density at radius 2 is 1.50 bits per heavy atom. The number of carbonyl (C=O) groups excluding carboxylic acids is 1. The van der Waals surface area contributed by atoms with Gasteiger partial charge in [-0.2, -0.15) is 0 Å². The summed E-state index contributed by atoms with van der Waals surface area (Å²) < 4.78 is 0. The second-order valence-corrected chi connectivity index (χ2v) is 8.71. The SMILES string of the molecule is CN=C(NCCNC(C)(C)C)N1CCN(CC(=O)N2CCCCCC2)CC1.I. The van der Waals surface area contributed by atoms with Gasteiger partial charge in [-0.05, 0) is 33.6 Å². The Balaban J connectivity index is 0.00000392. The van der Waals surface area contributed by atoms with Gasteiger partial charge in [0.05, 0.1) is 6.54 Å². The molecule has 0 saturated carbocycles. The second-order valence-electron chi connectivity index (χ2n) is 8.71. The summed E-state index contributed by atoms with van der Waals surface area (Å²) >= 11 is 0. The number of piperazine rings is 1. The van der Waals surface area contributed by atoms with Gasteiger partial charge < -0.3 is 20.4 Å². The number of nitrogens with one attached hydrogen (secondary N) is 2. The molecule has 0 aromatic rings. The zero-order valence-corrected chi connectivity index (χ0v) is 20.6. The van der Waals surface area contributed by atoms with Crippen molar-refractivity contribution in [3.63, 3.8) is 0 Å². The van der Waals surface area contributed by atoms with Crippen LogP contribution < -0.4 is 10.6 Å². The van der Waals surface area contributed by atoms with E-state index in [2.05, 4.69) is 51.1 Å². The van der Waals surface area contributed by atoms with Crippen molar-refractivity contribution in [2.45, 2.75) is 52.0 Å². The molecule has 2 fully saturated rings. The fraction of sp³-hybridized carbons (Fsp3) is 0.900. The van der Waals surface area contributed by atoms with Crippen molar-refractivity contribution in [1.29, 1.82) is 0 Å². The van der Waals surface area contributed by atoms with Crippen molar-refractivity contribution in [3.8, 4) is 0 Å². The summed E-state index contributed by atoms with van der Waals surface area (Å²) in [6.45, 7) is 14.4. The first-order chi connectivity index (χ1) is 12.9. The summed E-state index contributed by atoms with van der Waals surface area (Å²) in [5.41, 5.74) is 0.136. The smallest absolute Gasteiger partial charge is 0.236 e. The summed E-state index contributed by atoms with van der Waals surface area (Å²) in [6, 6.07) is 0. The fourth-order valence-corrected chi connectivity index (χ4v) is 3.67. The quantitative estimate of drug-likeness (QED) is 0.256. The molecule has 8 heteroatoms. The number of aliphatic imine (C=N–C) groups is 1. The highest BCUT2D eigenvalue weighted by molar-refractivity contribution is 14.0. The van der Waals surface area contributed by atoms with Crippen molar-refractivity contribution in [1.82, 2.24) is 25.3 Å². The lowest BCUT2D eigenvalue weighted by Crippen LogP contribution is -2.55. The number of hydrogen-bond acceptors (Lipinski definition) is 4. The van der Waals surface area contributed by atoms with E-state index >= 15 is 0 Å². The molecule has 0 spiro atoms. The summed E-state index contributed by atoms with van der Waals surface area (Å²) in [5.74, 6) is 1.27. The number of likely N-dealkylation sites (tertiary alicyclic amines) is 1. The van der Waals surface area contributed by atoms with Crippen LogP contribution in [0.3, 0.4) is 0 Å². The van der Waals surface area contributed by atoms with Crippen LogP contribution in [-0.2, 0) is 4.79 Å². The standard InChI is InChI=1S/C20H40N6O.HI/c1-20(2,3)23-10-9-22-19(21-4)26-15-13-24(14-16-26)17-18(27)25-11-7-5-6-8-12-25;/h23H,5-17H2,1-4H3,(H,21,22);1H. The van der Waals surface area contributed by atoms with E-state index in [4.69, 9.17) is 0 Å². The van der Waals surface area contributed by atoms with Crippen LogP contribution in [-0.4, -0.2) is 98.1 Å². The molecule has 0 bridgehead atoms. The van der Waals surface area contributed by atoms with E-state index in [0.717, 1.165) is 71.2 Å². The molecule has 2 N–H and O–H groups in total. The zero-order chi connectivity index (χ0) is 19.7. The number of guanidine groups is 1. The molecule has 2 saturated heterocycles. The molecule has 2 aliphatic rings.